The highest BCUT2D eigenvalue weighted by molar-refractivity contribution is 5.76. The maximum Gasteiger partial charge on any atom is 0.197 e. The van der Waals surface area contributed by atoms with E-state index in [1.165, 1.54) is 6.33 Å². The van der Waals surface area contributed by atoms with Crippen LogP contribution in [0.1, 0.15) is 16.8 Å². The van der Waals surface area contributed by atoms with Crippen LogP contribution in [0, 0.1) is 0 Å². The summed E-state index contributed by atoms with van der Waals surface area (Å²) >= 11 is 0. The Bertz CT molecular complexity index is 1210. The van der Waals surface area contributed by atoms with Crippen LogP contribution >= 0.6 is 0 Å². The van der Waals surface area contributed by atoms with Crippen molar-refractivity contribution in [2.24, 2.45) is 0 Å². The zero-order valence-corrected chi connectivity index (χ0v) is 15.1. The van der Waals surface area contributed by atoms with Crippen LogP contribution in [0.5, 0.6) is 0 Å². The molecule has 4 heterocycles. The maximum atomic E-state index is 12.7. The Labute approximate surface area is 160 Å². The summed E-state index contributed by atoms with van der Waals surface area (Å²) in [6.07, 6.45) is 9.15. The fourth-order valence-electron chi connectivity index (χ4n) is 3.53. The van der Waals surface area contributed by atoms with Crippen molar-refractivity contribution in [3.05, 3.63) is 82.5 Å². The summed E-state index contributed by atoms with van der Waals surface area (Å²) in [5.41, 5.74) is 4.24. The van der Waals surface area contributed by atoms with Crippen molar-refractivity contribution >= 4 is 11.0 Å². The number of para-hydroxylation sites is 1. The molecule has 138 valence electrons. The summed E-state index contributed by atoms with van der Waals surface area (Å²) in [6.45, 7) is 2.06. The second-order valence-electron chi connectivity index (χ2n) is 6.84. The summed E-state index contributed by atoms with van der Waals surface area (Å²) in [5.74, 6) is 0.642. The Morgan fingerprint density at radius 3 is 2.86 bits per heavy atom. The number of rotatable bonds is 3. The fraction of sp³-hybridized carbons (Fsp3) is 0.190. The van der Waals surface area contributed by atoms with Crippen molar-refractivity contribution in [1.29, 1.82) is 0 Å². The van der Waals surface area contributed by atoms with Crippen LogP contribution in [0.4, 0.5) is 0 Å². The lowest BCUT2D eigenvalue weighted by atomic mass is 10.1. The monoisotopic (exact) mass is 371 g/mol. The van der Waals surface area contributed by atoms with Crippen molar-refractivity contribution in [2.75, 3.05) is 6.54 Å². The number of aromatic nitrogens is 4. The second kappa shape index (κ2) is 6.94. The van der Waals surface area contributed by atoms with Gasteiger partial charge in [0.05, 0.1) is 22.9 Å². The molecule has 28 heavy (non-hydrogen) atoms. The van der Waals surface area contributed by atoms with E-state index in [0.717, 1.165) is 29.8 Å². The van der Waals surface area contributed by atoms with E-state index in [0.29, 0.717) is 35.4 Å². The van der Waals surface area contributed by atoms with Crippen LogP contribution in [0.3, 0.4) is 0 Å². The molecule has 0 N–H and O–H groups in total. The number of hydrogen-bond donors (Lipinski definition) is 0. The van der Waals surface area contributed by atoms with E-state index in [-0.39, 0.29) is 5.43 Å². The lowest BCUT2D eigenvalue weighted by Crippen LogP contribution is -2.32. The Balaban J connectivity index is 1.38. The molecule has 0 aliphatic carbocycles. The van der Waals surface area contributed by atoms with Gasteiger partial charge in [0.1, 0.15) is 11.9 Å². The summed E-state index contributed by atoms with van der Waals surface area (Å²) in [7, 11) is 0. The zero-order valence-electron chi connectivity index (χ0n) is 15.1. The van der Waals surface area contributed by atoms with Crippen LogP contribution in [0.15, 0.2) is 64.7 Å². The highest BCUT2D eigenvalue weighted by Crippen LogP contribution is 2.21. The van der Waals surface area contributed by atoms with E-state index in [1.807, 2.05) is 24.4 Å². The summed E-state index contributed by atoms with van der Waals surface area (Å²) in [6, 6.07) is 7.33. The molecular formula is C21H17N5O2. The van der Waals surface area contributed by atoms with Crippen LogP contribution in [0.2, 0.25) is 0 Å². The van der Waals surface area contributed by atoms with Crippen LogP contribution in [-0.2, 0) is 19.5 Å². The first-order valence-corrected chi connectivity index (χ1v) is 9.10. The third-order valence-corrected chi connectivity index (χ3v) is 4.98. The quantitative estimate of drug-likeness (QED) is 0.547. The second-order valence-corrected chi connectivity index (χ2v) is 6.84. The topological polar surface area (TPSA) is 85.0 Å². The number of hydrogen-bond acceptors (Lipinski definition) is 7. The molecule has 7 nitrogen and oxygen atoms in total. The third kappa shape index (κ3) is 3.05. The molecule has 1 aromatic carbocycles. The highest BCUT2D eigenvalue weighted by atomic mass is 16.3. The van der Waals surface area contributed by atoms with Gasteiger partial charge in [-0.15, -0.1) is 0 Å². The van der Waals surface area contributed by atoms with Gasteiger partial charge in [-0.3, -0.25) is 9.69 Å². The lowest BCUT2D eigenvalue weighted by Gasteiger charge is -2.27. The molecule has 1 aliphatic heterocycles. The molecule has 5 rings (SSSR count). The first-order chi connectivity index (χ1) is 13.8. The molecule has 3 aromatic heterocycles. The first kappa shape index (κ1) is 16.7. The zero-order chi connectivity index (χ0) is 18.9. The van der Waals surface area contributed by atoms with Gasteiger partial charge in [-0.25, -0.2) is 19.9 Å². The van der Waals surface area contributed by atoms with Gasteiger partial charge in [0, 0.05) is 55.8 Å². The minimum atomic E-state index is 0.0309. The van der Waals surface area contributed by atoms with E-state index in [1.54, 1.807) is 24.7 Å². The largest absolute Gasteiger partial charge is 0.464 e. The molecule has 0 bridgehead atoms. The lowest BCUT2D eigenvalue weighted by molar-refractivity contribution is 0.240. The third-order valence-electron chi connectivity index (χ3n) is 4.98. The van der Waals surface area contributed by atoms with Gasteiger partial charge in [0.2, 0.25) is 0 Å². The number of benzene rings is 1. The van der Waals surface area contributed by atoms with Gasteiger partial charge in [-0.1, -0.05) is 12.1 Å². The SMILES string of the molecule is O=c1c(CN2CCc3nc(-c4cncnc4)ncc3C2)coc2ccccc12. The van der Waals surface area contributed by atoms with Gasteiger partial charge in [0.25, 0.3) is 0 Å². The predicted molar refractivity (Wildman–Crippen MR) is 103 cm³/mol. The van der Waals surface area contributed by atoms with Crippen molar-refractivity contribution in [2.45, 2.75) is 19.5 Å². The molecule has 0 atom stereocenters. The van der Waals surface area contributed by atoms with E-state index >= 15 is 0 Å². The maximum absolute atomic E-state index is 12.7. The average molecular weight is 371 g/mol. The molecule has 0 spiro atoms. The fourth-order valence-corrected chi connectivity index (χ4v) is 3.53. The van der Waals surface area contributed by atoms with E-state index in [9.17, 15) is 4.79 Å². The van der Waals surface area contributed by atoms with Crippen molar-refractivity contribution in [1.82, 2.24) is 24.8 Å². The average Bonchev–Trinajstić information content (AvgIpc) is 2.76. The van der Waals surface area contributed by atoms with E-state index in [2.05, 4.69) is 24.8 Å². The molecular weight excluding hydrogens is 354 g/mol. The van der Waals surface area contributed by atoms with Gasteiger partial charge >= 0.3 is 0 Å². The molecule has 0 radical (unpaired) electrons. The Morgan fingerprint density at radius 2 is 1.96 bits per heavy atom. The van der Waals surface area contributed by atoms with Crippen molar-refractivity contribution < 1.29 is 4.42 Å². The normalized spacial score (nSPS) is 14.1. The molecule has 0 amide bonds. The molecule has 4 aromatic rings. The summed E-state index contributed by atoms with van der Waals surface area (Å²) in [5, 5.41) is 0.621. The molecule has 0 saturated carbocycles. The summed E-state index contributed by atoms with van der Waals surface area (Å²) in [4.78, 5) is 32.1. The minimum Gasteiger partial charge on any atom is -0.464 e. The predicted octanol–water partition coefficient (Wildman–Crippen LogP) is 2.60. The molecule has 7 heteroatoms. The Kier molecular flexibility index (Phi) is 4.14. The Hall–Kier alpha value is -3.45. The number of fused-ring (bicyclic) bond motifs is 2. The van der Waals surface area contributed by atoms with Gasteiger partial charge in [-0.2, -0.15) is 0 Å². The Morgan fingerprint density at radius 1 is 1.11 bits per heavy atom. The van der Waals surface area contributed by atoms with Gasteiger partial charge in [0.15, 0.2) is 11.3 Å². The standard InChI is InChI=1S/C21H17N5O2/c27-20-16(12-28-19-4-2-1-3-17(19)20)11-26-6-5-18-15(10-26)9-24-21(25-18)14-7-22-13-23-8-14/h1-4,7-9,12-13H,5-6,10-11H2. The minimum absolute atomic E-state index is 0.0309. The van der Waals surface area contributed by atoms with E-state index in [4.69, 9.17) is 4.42 Å². The van der Waals surface area contributed by atoms with E-state index < -0.39 is 0 Å². The van der Waals surface area contributed by atoms with Crippen molar-refractivity contribution in [3.8, 4) is 11.4 Å². The van der Waals surface area contributed by atoms with Crippen LogP contribution in [-0.4, -0.2) is 31.4 Å². The van der Waals surface area contributed by atoms with Crippen LogP contribution < -0.4 is 5.43 Å². The summed E-state index contributed by atoms with van der Waals surface area (Å²) < 4.78 is 5.64. The van der Waals surface area contributed by atoms with Gasteiger partial charge < -0.3 is 4.42 Å². The molecule has 0 fully saturated rings. The highest BCUT2D eigenvalue weighted by Gasteiger charge is 2.20. The van der Waals surface area contributed by atoms with Crippen LogP contribution in [0.25, 0.3) is 22.4 Å². The number of nitrogens with zero attached hydrogens (tertiary/aromatic N) is 5. The molecule has 0 unspecified atom stereocenters. The molecule has 0 saturated heterocycles. The first-order valence-electron chi connectivity index (χ1n) is 9.10. The van der Waals surface area contributed by atoms with Gasteiger partial charge in [-0.05, 0) is 12.1 Å². The smallest absolute Gasteiger partial charge is 0.197 e. The van der Waals surface area contributed by atoms with Crippen molar-refractivity contribution in [3.63, 3.8) is 0 Å². The molecule has 1 aliphatic rings.